The molecule has 0 spiro atoms. The van der Waals surface area contributed by atoms with Crippen LogP contribution in [0, 0.1) is 5.92 Å². The van der Waals surface area contributed by atoms with Crippen molar-refractivity contribution in [1.82, 2.24) is 5.32 Å². The molecule has 1 N–H and O–H groups in total. The van der Waals surface area contributed by atoms with Crippen LogP contribution in [0.3, 0.4) is 0 Å². The van der Waals surface area contributed by atoms with E-state index in [1.54, 1.807) is 0 Å². The molecular formula is C17H29NO. The Morgan fingerprint density at radius 2 is 1.79 bits per heavy atom. The quantitative estimate of drug-likeness (QED) is 0.681. The summed E-state index contributed by atoms with van der Waals surface area (Å²) in [6.45, 7) is 11.4. The number of rotatable bonds is 9. The standard InChI is InChI=1S/C17H29NO/c1-5-19-12-6-11-18-15(4)17-9-7-16(8-10-17)13-14(2)3/h7-10,14-15,18H,5-6,11-13H2,1-4H3. The molecule has 0 bridgehead atoms. The van der Waals surface area contributed by atoms with Gasteiger partial charge in [0.05, 0.1) is 0 Å². The first-order valence-corrected chi connectivity index (χ1v) is 7.53. The van der Waals surface area contributed by atoms with Gasteiger partial charge in [0.15, 0.2) is 0 Å². The first-order valence-electron chi connectivity index (χ1n) is 7.53. The van der Waals surface area contributed by atoms with Gasteiger partial charge >= 0.3 is 0 Å². The fraction of sp³-hybridized carbons (Fsp3) is 0.647. The minimum Gasteiger partial charge on any atom is -0.382 e. The predicted molar refractivity (Wildman–Crippen MR) is 82.5 cm³/mol. The van der Waals surface area contributed by atoms with Gasteiger partial charge in [-0.15, -0.1) is 0 Å². The van der Waals surface area contributed by atoms with Crippen molar-refractivity contribution in [1.29, 1.82) is 0 Å². The van der Waals surface area contributed by atoms with E-state index in [0.29, 0.717) is 6.04 Å². The molecule has 19 heavy (non-hydrogen) atoms. The van der Waals surface area contributed by atoms with Crippen molar-refractivity contribution in [3.05, 3.63) is 35.4 Å². The summed E-state index contributed by atoms with van der Waals surface area (Å²) in [5.74, 6) is 0.722. The molecular weight excluding hydrogens is 234 g/mol. The number of hydrogen-bond acceptors (Lipinski definition) is 2. The van der Waals surface area contributed by atoms with Crippen LogP contribution < -0.4 is 5.32 Å². The molecule has 0 aromatic heterocycles. The Hall–Kier alpha value is -0.860. The van der Waals surface area contributed by atoms with Gasteiger partial charge in [-0.3, -0.25) is 0 Å². The van der Waals surface area contributed by atoms with E-state index >= 15 is 0 Å². The Balaban J connectivity index is 2.33. The number of ether oxygens (including phenoxy) is 1. The Bertz CT molecular complexity index is 332. The highest BCUT2D eigenvalue weighted by Gasteiger charge is 2.04. The maximum Gasteiger partial charge on any atom is 0.0477 e. The molecule has 0 radical (unpaired) electrons. The highest BCUT2D eigenvalue weighted by atomic mass is 16.5. The van der Waals surface area contributed by atoms with Crippen molar-refractivity contribution < 1.29 is 4.74 Å². The summed E-state index contributed by atoms with van der Waals surface area (Å²) in [6, 6.07) is 9.42. The molecule has 0 fully saturated rings. The van der Waals surface area contributed by atoms with Crippen LogP contribution in [0.15, 0.2) is 24.3 Å². The van der Waals surface area contributed by atoms with Gasteiger partial charge in [0.2, 0.25) is 0 Å². The van der Waals surface area contributed by atoms with Crippen LogP contribution in [-0.2, 0) is 11.2 Å². The lowest BCUT2D eigenvalue weighted by Crippen LogP contribution is -2.21. The van der Waals surface area contributed by atoms with Crippen molar-refractivity contribution in [2.45, 2.75) is 46.6 Å². The van der Waals surface area contributed by atoms with Crippen LogP contribution in [0.4, 0.5) is 0 Å². The lowest BCUT2D eigenvalue weighted by Gasteiger charge is -2.15. The molecule has 1 aromatic carbocycles. The van der Waals surface area contributed by atoms with Crippen molar-refractivity contribution in [2.24, 2.45) is 5.92 Å². The molecule has 1 rings (SSSR count). The lowest BCUT2D eigenvalue weighted by molar-refractivity contribution is 0.144. The third-order valence-electron chi connectivity index (χ3n) is 3.24. The monoisotopic (exact) mass is 263 g/mol. The van der Waals surface area contributed by atoms with Crippen LogP contribution in [-0.4, -0.2) is 19.8 Å². The minimum absolute atomic E-state index is 0.412. The Kier molecular flexibility index (Phi) is 7.76. The molecule has 2 nitrogen and oxygen atoms in total. The Morgan fingerprint density at radius 3 is 2.37 bits per heavy atom. The van der Waals surface area contributed by atoms with Gasteiger partial charge in [-0.25, -0.2) is 0 Å². The molecule has 0 aliphatic heterocycles. The smallest absolute Gasteiger partial charge is 0.0477 e. The molecule has 108 valence electrons. The number of hydrogen-bond donors (Lipinski definition) is 1. The van der Waals surface area contributed by atoms with Crippen molar-refractivity contribution in [3.8, 4) is 0 Å². The van der Waals surface area contributed by atoms with E-state index in [4.69, 9.17) is 4.74 Å². The van der Waals surface area contributed by atoms with E-state index in [9.17, 15) is 0 Å². The van der Waals surface area contributed by atoms with E-state index in [2.05, 4.69) is 50.4 Å². The second-order valence-corrected chi connectivity index (χ2v) is 5.57. The highest BCUT2D eigenvalue weighted by molar-refractivity contribution is 5.25. The summed E-state index contributed by atoms with van der Waals surface area (Å²) >= 11 is 0. The summed E-state index contributed by atoms with van der Waals surface area (Å²) < 4.78 is 5.33. The van der Waals surface area contributed by atoms with Crippen molar-refractivity contribution >= 4 is 0 Å². The lowest BCUT2D eigenvalue weighted by atomic mass is 10.00. The van der Waals surface area contributed by atoms with Gasteiger partial charge in [0.1, 0.15) is 0 Å². The maximum atomic E-state index is 5.33. The zero-order valence-electron chi connectivity index (χ0n) is 12.9. The van der Waals surface area contributed by atoms with Gasteiger partial charge in [0, 0.05) is 19.3 Å². The largest absolute Gasteiger partial charge is 0.382 e. The van der Waals surface area contributed by atoms with Gasteiger partial charge in [-0.2, -0.15) is 0 Å². The molecule has 2 heteroatoms. The van der Waals surface area contributed by atoms with Crippen LogP contribution in [0.25, 0.3) is 0 Å². The van der Waals surface area contributed by atoms with E-state index in [-0.39, 0.29) is 0 Å². The zero-order valence-corrected chi connectivity index (χ0v) is 12.9. The molecule has 0 aliphatic carbocycles. The van der Waals surface area contributed by atoms with E-state index in [0.717, 1.165) is 38.5 Å². The SMILES string of the molecule is CCOCCCNC(C)c1ccc(CC(C)C)cc1. The molecule has 0 saturated carbocycles. The van der Waals surface area contributed by atoms with Crippen LogP contribution in [0.2, 0.25) is 0 Å². The third kappa shape index (κ3) is 6.74. The molecule has 0 saturated heterocycles. The molecule has 0 aliphatic rings. The Morgan fingerprint density at radius 1 is 1.11 bits per heavy atom. The van der Waals surface area contributed by atoms with E-state index in [1.165, 1.54) is 11.1 Å². The van der Waals surface area contributed by atoms with Crippen molar-refractivity contribution in [2.75, 3.05) is 19.8 Å². The molecule has 0 amide bonds. The second-order valence-electron chi connectivity index (χ2n) is 5.57. The summed E-state index contributed by atoms with van der Waals surface area (Å²) in [6.07, 6.45) is 2.24. The topological polar surface area (TPSA) is 21.3 Å². The fourth-order valence-electron chi connectivity index (χ4n) is 2.17. The first kappa shape index (κ1) is 16.2. The fourth-order valence-corrected chi connectivity index (χ4v) is 2.17. The maximum absolute atomic E-state index is 5.33. The van der Waals surface area contributed by atoms with Crippen LogP contribution in [0.1, 0.15) is 51.3 Å². The third-order valence-corrected chi connectivity index (χ3v) is 3.24. The van der Waals surface area contributed by atoms with Crippen LogP contribution in [0.5, 0.6) is 0 Å². The summed E-state index contributed by atoms with van der Waals surface area (Å²) in [5, 5.41) is 3.54. The van der Waals surface area contributed by atoms with Gasteiger partial charge in [-0.1, -0.05) is 38.1 Å². The summed E-state index contributed by atoms with van der Waals surface area (Å²) in [7, 11) is 0. The minimum atomic E-state index is 0.412. The summed E-state index contributed by atoms with van der Waals surface area (Å²) in [5.41, 5.74) is 2.80. The van der Waals surface area contributed by atoms with Crippen molar-refractivity contribution in [3.63, 3.8) is 0 Å². The number of benzene rings is 1. The Labute approximate surface area is 118 Å². The first-order chi connectivity index (χ1) is 9.13. The van der Waals surface area contributed by atoms with Gasteiger partial charge < -0.3 is 10.1 Å². The average Bonchev–Trinajstić information content (AvgIpc) is 2.38. The normalized spacial score (nSPS) is 12.9. The molecule has 1 aromatic rings. The van der Waals surface area contributed by atoms with E-state index in [1.807, 2.05) is 6.92 Å². The van der Waals surface area contributed by atoms with Crippen LogP contribution >= 0.6 is 0 Å². The predicted octanol–water partition coefficient (Wildman–Crippen LogP) is 3.96. The van der Waals surface area contributed by atoms with Gasteiger partial charge in [0.25, 0.3) is 0 Å². The molecule has 0 heterocycles. The van der Waals surface area contributed by atoms with Gasteiger partial charge in [-0.05, 0) is 50.3 Å². The second kappa shape index (κ2) is 9.11. The molecule has 1 unspecified atom stereocenters. The summed E-state index contributed by atoms with van der Waals surface area (Å²) in [4.78, 5) is 0. The number of nitrogens with one attached hydrogen (secondary N) is 1. The van der Waals surface area contributed by atoms with E-state index < -0.39 is 0 Å². The highest BCUT2D eigenvalue weighted by Crippen LogP contribution is 2.15. The zero-order chi connectivity index (χ0) is 14.1. The molecule has 1 atom stereocenters. The average molecular weight is 263 g/mol.